The SMILES string of the molecule is CCn1c(SCC(=O)N2CCCC[C@H]2C)nc2cc3ccccc3cc2c1=O. The Balaban J connectivity index is 1.67. The van der Waals surface area contributed by atoms with E-state index in [9.17, 15) is 9.59 Å². The quantitative estimate of drug-likeness (QED) is 0.380. The van der Waals surface area contributed by atoms with Crippen molar-refractivity contribution in [2.75, 3.05) is 12.3 Å². The van der Waals surface area contributed by atoms with Crippen LogP contribution in [0.2, 0.25) is 0 Å². The van der Waals surface area contributed by atoms with Crippen LogP contribution in [-0.4, -0.2) is 38.7 Å². The third kappa shape index (κ3) is 3.53. The average molecular weight is 396 g/mol. The van der Waals surface area contributed by atoms with Crippen LogP contribution in [0.4, 0.5) is 0 Å². The molecule has 0 aliphatic carbocycles. The fraction of sp³-hybridized carbons (Fsp3) is 0.409. The van der Waals surface area contributed by atoms with E-state index < -0.39 is 0 Å². The summed E-state index contributed by atoms with van der Waals surface area (Å²) in [6.07, 6.45) is 3.33. The Hall–Kier alpha value is -2.34. The van der Waals surface area contributed by atoms with Crippen LogP contribution in [0.25, 0.3) is 21.7 Å². The first-order valence-electron chi connectivity index (χ1n) is 9.94. The molecule has 1 aliphatic rings. The molecule has 4 rings (SSSR count). The molecule has 0 radical (unpaired) electrons. The number of aromatic nitrogens is 2. The molecule has 28 heavy (non-hydrogen) atoms. The Kier molecular flexibility index (Phi) is 5.40. The Morgan fingerprint density at radius 3 is 2.68 bits per heavy atom. The van der Waals surface area contributed by atoms with Gasteiger partial charge in [0.15, 0.2) is 5.16 Å². The highest BCUT2D eigenvalue weighted by atomic mass is 32.2. The number of hydrogen-bond acceptors (Lipinski definition) is 4. The topological polar surface area (TPSA) is 55.2 Å². The van der Waals surface area contributed by atoms with Crippen LogP contribution in [0.3, 0.4) is 0 Å². The minimum absolute atomic E-state index is 0.0421. The predicted octanol–water partition coefficient (Wildman–Crippen LogP) is 4.06. The minimum Gasteiger partial charge on any atom is -0.339 e. The average Bonchev–Trinajstić information content (AvgIpc) is 2.71. The molecular weight excluding hydrogens is 370 g/mol. The van der Waals surface area contributed by atoms with Gasteiger partial charge in [0.2, 0.25) is 5.91 Å². The zero-order chi connectivity index (χ0) is 19.7. The summed E-state index contributed by atoms with van der Waals surface area (Å²) in [4.78, 5) is 32.5. The maximum atomic E-state index is 13.0. The van der Waals surface area contributed by atoms with E-state index in [0.717, 1.165) is 30.2 Å². The maximum absolute atomic E-state index is 13.0. The molecule has 0 saturated carbocycles. The highest BCUT2D eigenvalue weighted by Crippen LogP contribution is 2.24. The molecule has 146 valence electrons. The van der Waals surface area contributed by atoms with E-state index in [1.54, 1.807) is 4.57 Å². The molecule has 1 amide bonds. The molecule has 0 unspecified atom stereocenters. The molecule has 2 heterocycles. The number of carbonyl (C=O) groups excluding carboxylic acids is 1. The lowest BCUT2D eigenvalue weighted by Gasteiger charge is -2.33. The van der Waals surface area contributed by atoms with E-state index in [1.807, 2.05) is 48.2 Å². The Labute approximate surface area is 168 Å². The van der Waals surface area contributed by atoms with Gasteiger partial charge in [0, 0.05) is 19.1 Å². The van der Waals surface area contributed by atoms with Crippen LogP contribution in [0.15, 0.2) is 46.3 Å². The van der Waals surface area contributed by atoms with Crippen LogP contribution in [-0.2, 0) is 11.3 Å². The molecule has 1 saturated heterocycles. The molecule has 6 heteroatoms. The molecule has 0 bridgehead atoms. The van der Waals surface area contributed by atoms with Gasteiger partial charge in [-0.25, -0.2) is 4.98 Å². The van der Waals surface area contributed by atoms with E-state index in [1.165, 1.54) is 18.2 Å². The van der Waals surface area contributed by atoms with Crippen LogP contribution < -0.4 is 5.56 Å². The lowest BCUT2D eigenvalue weighted by molar-refractivity contribution is -0.131. The fourth-order valence-electron chi connectivity index (χ4n) is 3.95. The second-order valence-corrected chi connectivity index (χ2v) is 8.32. The predicted molar refractivity (Wildman–Crippen MR) is 115 cm³/mol. The second kappa shape index (κ2) is 7.95. The van der Waals surface area contributed by atoms with Crippen LogP contribution in [0.1, 0.15) is 33.1 Å². The molecule has 1 fully saturated rings. The summed E-state index contributed by atoms with van der Waals surface area (Å²) in [6.45, 7) is 5.42. The van der Waals surface area contributed by atoms with Crippen molar-refractivity contribution in [2.24, 2.45) is 0 Å². The van der Waals surface area contributed by atoms with Gasteiger partial charge in [-0.15, -0.1) is 0 Å². The molecule has 3 aromatic rings. The Morgan fingerprint density at radius 2 is 1.96 bits per heavy atom. The van der Waals surface area contributed by atoms with Crippen molar-refractivity contribution < 1.29 is 4.79 Å². The standard InChI is InChI=1S/C22H25N3O2S/c1-3-24-21(27)18-12-16-9-4-5-10-17(16)13-19(18)23-22(24)28-14-20(26)25-11-7-6-8-15(25)2/h4-5,9-10,12-13,15H,3,6-8,11,14H2,1-2H3/t15-/m1/s1. The number of carbonyl (C=O) groups is 1. The van der Waals surface area contributed by atoms with Gasteiger partial charge in [0.05, 0.1) is 16.7 Å². The summed E-state index contributed by atoms with van der Waals surface area (Å²) >= 11 is 1.37. The summed E-state index contributed by atoms with van der Waals surface area (Å²) in [6, 6.07) is 12.2. The minimum atomic E-state index is -0.0421. The number of thioether (sulfide) groups is 1. The first kappa shape index (κ1) is 19.0. The second-order valence-electron chi connectivity index (χ2n) is 7.38. The third-order valence-corrected chi connectivity index (χ3v) is 6.51. The number of likely N-dealkylation sites (tertiary alicyclic amines) is 1. The van der Waals surface area contributed by atoms with Crippen molar-refractivity contribution in [1.29, 1.82) is 0 Å². The number of amides is 1. The highest BCUT2D eigenvalue weighted by molar-refractivity contribution is 7.99. The van der Waals surface area contributed by atoms with Crippen molar-refractivity contribution in [3.05, 3.63) is 46.8 Å². The van der Waals surface area contributed by atoms with Crippen LogP contribution >= 0.6 is 11.8 Å². The molecule has 5 nitrogen and oxygen atoms in total. The lowest BCUT2D eigenvalue weighted by atomic mass is 10.0. The monoisotopic (exact) mass is 395 g/mol. The molecule has 1 atom stereocenters. The first-order valence-corrected chi connectivity index (χ1v) is 10.9. The van der Waals surface area contributed by atoms with Crippen molar-refractivity contribution in [1.82, 2.24) is 14.5 Å². The van der Waals surface area contributed by atoms with Crippen LogP contribution in [0.5, 0.6) is 0 Å². The smallest absolute Gasteiger partial charge is 0.262 e. The molecular formula is C22H25N3O2S. The van der Waals surface area contributed by atoms with Crippen molar-refractivity contribution in [2.45, 2.75) is 50.9 Å². The number of piperidine rings is 1. The van der Waals surface area contributed by atoms with E-state index in [4.69, 9.17) is 4.98 Å². The van der Waals surface area contributed by atoms with Crippen molar-refractivity contribution in [3.63, 3.8) is 0 Å². The highest BCUT2D eigenvalue weighted by Gasteiger charge is 2.23. The molecule has 2 aromatic carbocycles. The van der Waals surface area contributed by atoms with Gasteiger partial charge in [-0.1, -0.05) is 36.0 Å². The summed E-state index contributed by atoms with van der Waals surface area (Å²) in [5.74, 6) is 0.447. The number of fused-ring (bicyclic) bond motifs is 2. The largest absolute Gasteiger partial charge is 0.339 e. The van der Waals surface area contributed by atoms with Gasteiger partial charge in [0.1, 0.15) is 0 Å². The van der Waals surface area contributed by atoms with E-state index in [-0.39, 0.29) is 11.5 Å². The van der Waals surface area contributed by atoms with Gasteiger partial charge >= 0.3 is 0 Å². The maximum Gasteiger partial charge on any atom is 0.262 e. The van der Waals surface area contributed by atoms with Gasteiger partial charge in [0.25, 0.3) is 5.56 Å². The number of rotatable bonds is 4. The molecule has 1 aliphatic heterocycles. The van der Waals surface area contributed by atoms with Crippen molar-refractivity contribution in [3.8, 4) is 0 Å². The molecule has 0 N–H and O–H groups in total. The van der Waals surface area contributed by atoms with E-state index >= 15 is 0 Å². The fourth-order valence-corrected chi connectivity index (χ4v) is 4.90. The zero-order valence-corrected chi connectivity index (χ0v) is 17.2. The molecule has 0 spiro atoms. The molecule has 1 aromatic heterocycles. The summed E-state index contributed by atoms with van der Waals surface area (Å²) in [5.41, 5.74) is 0.647. The summed E-state index contributed by atoms with van der Waals surface area (Å²) in [5, 5.41) is 3.34. The third-order valence-electron chi connectivity index (χ3n) is 5.55. The summed E-state index contributed by atoms with van der Waals surface area (Å²) < 4.78 is 1.68. The Morgan fingerprint density at radius 1 is 1.21 bits per heavy atom. The number of hydrogen-bond donors (Lipinski definition) is 0. The normalized spacial score (nSPS) is 17.4. The zero-order valence-electron chi connectivity index (χ0n) is 16.4. The van der Waals surface area contributed by atoms with Gasteiger partial charge in [-0.05, 0) is 56.0 Å². The van der Waals surface area contributed by atoms with Crippen LogP contribution in [0, 0.1) is 0 Å². The van der Waals surface area contributed by atoms with E-state index in [2.05, 4.69) is 6.92 Å². The van der Waals surface area contributed by atoms with Gasteiger partial charge in [-0.3, -0.25) is 14.2 Å². The number of benzene rings is 2. The van der Waals surface area contributed by atoms with Gasteiger partial charge < -0.3 is 4.90 Å². The summed E-state index contributed by atoms with van der Waals surface area (Å²) in [7, 11) is 0. The Bertz CT molecular complexity index is 1090. The van der Waals surface area contributed by atoms with E-state index in [0.29, 0.717) is 34.4 Å². The number of nitrogens with zero attached hydrogens (tertiary/aromatic N) is 3. The first-order chi connectivity index (χ1) is 13.6. The van der Waals surface area contributed by atoms with Gasteiger partial charge in [-0.2, -0.15) is 0 Å². The van der Waals surface area contributed by atoms with Crippen molar-refractivity contribution >= 4 is 39.3 Å². The lowest BCUT2D eigenvalue weighted by Crippen LogP contribution is -2.43.